The Morgan fingerprint density at radius 3 is 2.71 bits per heavy atom. The molecule has 3 heterocycles. The van der Waals surface area contributed by atoms with Crippen LogP contribution in [0, 0.1) is 0 Å². The Bertz CT molecular complexity index is 616. The molecule has 2 fully saturated rings. The van der Waals surface area contributed by atoms with Gasteiger partial charge in [0.1, 0.15) is 6.26 Å². The van der Waals surface area contributed by atoms with Crippen LogP contribution in [-0.4, -0.2) is 84.1 Å². The summed E-state index contributed by atoms with van der Waals surface area (Å²) < 4.78 is 4.90. The number of nitrogens with zero attached hydrogens (tertiary/aromatic N) is 5. The minimum atomic E-state index is 0. The standard InChI is InChI=1S/C19H32N6O2.HI/c1-16-5-3-4-9-25(16)18(26)6-8-21-19(20-2)24-12-10-23(11-13-24)15-17-7-14-27-22-17;/h7,14,16H,3-6,8-13,15H2,1-2H3,(H,20,21);1H. The molecule has 0 bridgehead atoms. The first-order chi connectivity index (χ1) is 13.2. The van der Waals surface area contributed by atoms with E-state index in [2.05, 4.69) is 32.2 Å². The number of amides is 1. The fraction of sp³-hybridized carbons (Fsp3) is 0.737. The minimum Gasteiger partial charge on any atom is -0.364 e. The lowest BCUT2D eigenvalue weighted by atomic mass is 10.0. The van der Waals surface area contributed by atoms with E-state index < -0.39 is 0 Å². The zero-order valence-corrected chi connectivity index (χ0v) is 19.3. The molecule has 2 saturated heterocycles. The zero-order chi connectivity index (χ0) is 19.1. The molecule has 9 heteroatoms. The van der Waals surface area contributed by atoms with Gasteiger partial charge in [-0.1, -0.05) is 5.16 Å². The summed E-state index contributed by atoms with van der Waals surface area (Å²) in [5, 5.41) is 7.35. The van der Waals surface area contributed by atoms with Crippen LogP contribution >= 0.6 is 24.0 Å². The van der Waals surface area contributed by atoms with Gasteiger partial charge >= 0.3 is 0 Å². The van der Waals surface area contributed by atoms with Gasteiger partial charge in [-0.15, -0.1) is 24.0 Å². The van der Waals surface area contributed by atoms with Crippen LogP contribution in [0.1, 0.15) is 38.3 Å². The van der Waals surface area contributed by atoms with E-state index >= 15 is 0 Å². The molecule has 2 aliphatic rings. The number of piperidine rings is 1. The lowest BCUT2D eigenvalue weighted by Crippen LogP contribution is -2.52. The number of nitrogens with one attached hydrogen (secondary N) is 1. The number of hydrogen-bond donors (Lipinski definition) is 1. The van der Waals surface area contributed by atoms with Gasteiger partial charge in [0.05, 0.1) is 5.69 Å². The molecule has 0 aliphatic carbocycles. The second-order valence-electron chi connectivity index (χ2n) is 7.41. The van der Waals surface area contributed by atoms with Crippen molar-refractivity contribution in [1.82, 2.24) is 25.2 Å². The highest BCUT2D eigenvalue weighted by molar-refractivity contribution is 14.0. The van der Waals surface area contributed by atoms with Crippen molar-refractivity contribution < 1.29 is 9.32 Å². The Hall–Kier alpha value is -1.36. The molecule has 158 valence electrons. The molecule has 1 N–H and O–H groups in total. The predicted molar refractivity (Wildman–Crippen MR) is 120 cm³/mol. The van der Waals surface area contributed by atoms with Gasteiger partial charge in [-0.05, 0) is 26.2 Å². The maximum absolute atomic E-state index is 12.5. The van der Waals surface area contributed by atoms with Crippen LogP contribution in [0.25, 0.3) is 0 Å². The molecule has 1 amide bonds. The first-order valence-electron chi connectivity index (χ1n) is 10.0. The lowest BCUT2D eigenvalue weighted by Gasteiger charge is -2.36. The van der Waals surface area contributed by atoms with Crippen LogP contribution in [0.2, 0.25) is 0 Å². The smallest absolute Gasteiger partial charge is 0.224 e. The molecular formula is C19H33IN6O2. The Morgan fingerprint density at radius 1 is 1.29 bits per heavy atom. The van der Waals surface area contributed by atoms with Crippen molar-refractivity contribution in [3.63, 3.8) is 0 Å². The molecule has 0 radical (unpaired) electrons. The predicted octanol–water partition coefficient (Wildman–Crippen LogP) is 1.78. The Balaban J connectivity index is 0.00000280. The van der Waals surface area contributed by atoms with Crippen LogP contribution in [0.5, 0.6) is 0 Å². The fourth-order valence-electron chi connectivity index (χ4n) is 3.89. The molecule has 2 aliphatic heterocycles. The maximum atomic E-state index is 12.5. The maximum Gasteiger partial charge on any atom is 0.224 e. The van der Waals surface area contributed by atoms with E-state index in [1.165, 1.54) is 6.42 Å². The summed E-state index contributed by atoms with van der Waals surface area (Å²) >= 11 is 0. The molecule has 1 aromatic heterocycles. The van der Waals surface area contributed by atoms with E-state index in [-0.39, 0.29) is 29.9 Å². The fourth-order valence-corrected chi connectivity index (χ4v) is 3.89. The first kappa shape index (κ1) is 22.9. The highest BCUT2D eigenvalue weighted by atomic mass is 127. The first-order valence-corrected chi connectivity index (χ1v) is 10.0. The number of carbonyl (C=O) groups excluding carboxylic acids is 1. The van der Waals surface area contributed by atoms with Crippen molar-refractivity contribution in [2.45, 2.75) is 45.2 Å². The lowest BCUT2D eigenvalue weighted by molar-refractivity contribution is -0.134. The molecule has 1 aromatic rings. The van der Waals surface area contributed by atoms with Crippen LogP contribution < -0.4 is 5.32 Å². The second-order valence-corrected chi connectivity index (χ2v) is 7.41. The third-order valence-corrected chi connectivity index (χ3v) is 5.51. The monoisotopic (exact) mass is 504 g/mol. The number of carbonyl (C=O) groups is 1. The van der Waals surface area contributed by atoms with Crippen LogP contribution in [0.4, 0.5) is 0 Å². The normalized spacial score (nSPS) is 21.4. The zero-order valence-electron chi connectivity index (χ0n) is 17.0. The van der Waals surface area contributed by atoms with E-state index in [1.54, 1.807) is 13.3 Å². The molecular weight excluding hydrogens is 471 g/mol. The molecule has 1 unspecified atom stereocenters. The molecule has 0 spiro atoms. The van der Waals surface area contributed by atoms with Gasteiger partial charge in [0.15, 0.2) is 5.96 Å². The Labute approximate surface area is 184 Å². The average molecular weight is 504 g/mol. The van der Waals surface area contributed by atoms with E-state index in [9.17, 15) is 4.79 Å². The Morgan fingerprint density at radius 2 is 2.07 bits per heavy atom. The highest BCUT2D eigenvalue weighted by Crippen LogP contribution is 2.17. The van der Waals surface area contributed by atoms with Gasteiger partial charge in [0, 0.05) is 71.4 Å². The third-order valence-electron chi connectivity index (χ3n) is 5.51. The number of hydrogen-bond acceptors (Lipinski definition) is 5. The Kier molecular flexibility index (Phi) is 9.49. The van der Waals surface area contributed by atoms with Gasteiger partial charge in [0.2, 0.25) is 5.91 Å². The van der Waals surface area contributed by atoms with Gasteiger partial charge < -0.3 is 19.6 Å². The van der Waals surface area contributed by atoms with Gasteiger partial charge in [-0.3, -0.25) is 14.7 Å². The van der Waals surface area contributed by atoms with Crippen molar-refractivity contribution in [2.75, 3.05) is 46.3 Å². The summed E-state index contributed by atoms with van der Waals surface area (Å²) in [6, 6.07) is 2.29. The number of aromatic nitrogens is 1. The summed E-state index contributed by atoms with van der Waals surface area (Å²) in [4.78, 5) is 23.5. The van der Waals surface area contributed by atoms with Crippen LogP contribution in [0.3, 0.4) is 0 Å². The van der Waals surface area contributed by atoms with Crippen molar-refractivity contribution in [1.29, 1.82) is 0 Å². The quantitative estimate of drug-likeness (QED) is 0.375. The van der Waals surface area contributed by atoms with Crippen molar-refractivity contribution in [2.24, 2.45) is 4.99 Å². The number of halogens is 1. The second kappa shape index (κ2) is 11.6. The number of guanidine groups is 1. The molecule has 0 saturated carbocycles. The largest absolute Gasteiger partial charge is 0.364 e. The summed E-state index contributed by atoms with van der Waals surface area (Å²) in [5.74, 6) is 1.14. The van der Waals surface area contributed by atoms with Gasteiger partial charge in [-0.25, -0.2) is 0 Å². The van der Waals surface area contributed by atoms with Crippen molar-refractivity contribution in [3.8, 4) is 0 Å². The van der Waals surface area contributed by atoms with Crippen LogP contribution in [-0.2, 0) is 11.3 Å². The van der Waals surface area contributed by atoms with E-state index in [4.69, 9.17) is 4.52 Å². The van der Waals surface area contributed by atoms with E-state index in [0.717, 1.165) is 63.8 Å². The molecule has 1 atom stereocenters. The molecule has 28 heavy (non-hydrogen) atoms. The highest BCUT2D eigenvalue weighted by Gasteiger charge is 2.23. The summed E-state index contributed by atoms with van der Waals surface area (Å²) in [5.41, 5.74) is 0.969. The average Bonchev–Trinajstić information content (AvgIpc) is 3.19. The van der Waals surface area contributed by atoms with Gasteiger partial charge in [0.25, 0.3) is 0 Å². The SMILES string of the molecule is CN=C(NCCC(=O)N1CCCCC1C)N1CCN(Cc2ccon2)CC1.I. The summed E-state index contributed by atoms with van der Waals surface area (Å²) in [6.07, 6.45) is 5.63. The molecule has 3 rings (SSSR count). The third kappa shape index (κ3) is 6.33. The molecule has 8 nitrogen and oxygen atoms in total. The number of rotatable bonds is 5. The topological polar surface area (TPSA) is 77.2 Å². The van der Waals surface area contributed by atoms with E-state index in [1.807, 2.05) is 11.0 Å². The molecule has 0 aromatic carbocycles. The number of piperazine rings is 1. The number of aliphatic imine (C=N–C) groups is 1. The van der Waals surface area contributed by atoms with Crippen LogP contribution in [0.15, 0.2) is 21.8 Å². The number of likely N-dealkylation sites (tertiary alicyclic amines) is 1. The summed E-state index contributed by atoms with van der Waals surface area (Å²) in [7, 11) is 1.80. The summed E-state index contributed by atoms with van der Waals surface area (Å²) in [6.45, 7) is 8.25. The van der Waals surface area contributed by atoms with Crippen molar-refractivity contribution in [3.05, 3.63) is 18.0 Å². The minimum absolute atomic E-state index is 0. The van der Waals surface area contributed by atoms with Crippen molar-refractivity contribution >= 4 is 35.8 Å². The van der Waals surface area contributed by atoms with Gasteiger partial charge in [-0.2, -0.15) is 0 Å². The van der Waals surface area contributed by atoms with E-state index in [0.29, 0.717) is 19.0 Å².